The molecule has 0 atom stereocenters. The molecule has 0 bridgehead atoms. The summed E-state index contributed by atoms with van der Waals surface area (Å²) in [5.41, 5.74) is 2.07. The number of anilines is 1. The molecule has 0 saturated carbocycles. The molecule has 0 fully saturated rings. The van der Waals surface area contributed by atoms with Crippen molar-refractivity contribution in [3.8, 4) is 0 Å². The lowest BCUT2D eigenvalue weighted by molar-refractivity contribution is 0.141. The second-order valence-corrected chi connectivity index (χ2v) is 6.90. The molecule has 4 rings (SSSR count). The summed E-state index contributed by atoms with van der Waals surface area (Å²) in [5.74, 6) is 0.771. The topological polar surface area (TPSA) is 79.4 Å². The number of rotatable bonds is 6. The van der Waals surface area contributed by atoms with E-state index in [0.717, 1.165) is 22.2 Å². The zero-order valence-corrected chi connectivity index (χ0v) is 15.7. The number of halogens is 3. The van der Waals surface area contributed by atoms with E-state index in [1.54, 1.807) is 18.3 Å². The van der Waals surface area contributed by atoms with Gasteiger partial charge in [-0.05, 0) is 36.8 Å². The van der Waals surface area contributed by atoms with E-state index in [-0.39, 0.29) is 0 Å². The third-order valence-electron chi connectivity index (χ3n) is 4.06. The van der Waals surface area contributed by atoms with Gasteiger partial charge in [0, 0.05) is 29.0 Å². The second-order valence-electron chi connectivity index (χ2n) is 5.98. The van der Waals surface area contributed by atoms with E-state index >= 15 is 0 Å². The lowest BCUT2D eigenvalue weighted by atomic mass is 10.2. The van der Waals surface area contributed by atoms with E-state index in [4.69, 9.17) is 0 Å². The van der Waals surface area contributed by atoms with Gasteiger partial charge in [-0.15, -0.1) is 0 Å². The van der Waals surface area contributed by atoms with E-state index in [2.05, 4.69) is 46.2 Å². The number of aromatic amines is 1. The number of nitrogens with one attached hydrogen (secondary N) is 2. The Hall–Kier alpha value is -2.68. The number of fused-ring (bicyclic) bond motifs is 2. The fourth-order valence-electron chi connectivity index (χ4n) is 2.83. The van der Waals surface area contributed by atoms with Crippen molar-refractivity contribution in [2.24, 2.45) is 0 Å². The summed E-state index contributed by atoms with van der Waals surface area (Å²) in [6.45, 7) is 0.561. The van der Waals surface area contributed by atoms with Crippen LogP contribution in [0.5, 0.6) is 0 Å². The molecule has 4 aromatic rings. The first kappa shape index (κ1) is 17.7. The smallest absolute Gasteiger partial charge is 0.297 e. The lowest BCUT2D eigenvalue weighted by Crippen LogP contribution is -2.08. The summed E-state index contributed by atoms with van der Waals surface area (Å²) in [6, 6.07) is 9.06. The normalized spacial score (nSPS) is 11.6. The Labute approximate surface area is 161 Å². The Balaban J connectivity index is 1.48. The molecule has 0 unspecified atom stereocenters. The monoisotopic (exact) mass is 432 g/mol. The maximum Gasteiger partial charge on any atom is 0.297 e. The van der Waals surface area contributed by atoms with Gasteiger partial charge in [0.15, 0.2) is 11.5 Å². The summed E-state index contributed by atoms with van der Waals surface area (Å²) in [7, 11) is 0. The van der Waals surface area contributed by atoms with Crippen molar-refractivity contribution in [3.05, 3.63) is 52.7 Å². The molecule has 138 valence electrons. The van der Waals surface area contributed by atoms with Crippen LogP contribution >= 0.6 is 15.9 Å². The van der Waals surface area contributed by atoms with Crippen LogP contribution in [0.15, 0.2) is 41.0 Å². The minimum absolute atomic E-state index is 0.405. The molecule has 0 amide bonds. The molecule has 0 aliphatic heterocycles. The highest BCUT2D eigenvalue weighted by Crippen LogP contribution is 2.27. The molecular formula is C18H15BrF2N6. The van der Waals surface area contributed by atoms with Gasteiger partial charge < -0.3 is 10.3 Å². The van der Waals surface area contributed by atoms with Crippen molar-refractivity contribution in [1.29, 1.82) is 0 Å². The Morgan fingerprint density at radius 2 is 2.04 bits per heavy atom. The first-order valence-corrected chi connectivity index (χ1v) is 9.18. The predicted molar refractivity (Wildman–Crippen MR) is 103 cm³/mol. The van der Waals surface area contributed by atoms with Crippen molar-refractivity contribution in [2.75, 3.05) is 11.9 Å². The molecule has 27 heavy (non-hydrogen) atoms. The molecule has 0 saturated heterocycles. The van der Waals surface area contributed by atoms with Crippen molar-refractivity contribution < 1.29 is 8.78 Å². The summed E-state index contributed by atoms with van der Waals surface area (Å²) >= 11 is 3.39. The average Bonchev–Trinajstić information content (AvgIpc) is 3.07. The lowest BCUT2D eigenvalue weighted by Gasteiger charge is -2.10. The number of H-pyrrole nitrogens is 1. The van der Waals surface area contributed by atoms with Crippen LogP contribution < -0.4 is 5.32 Å². The molecule has 0 radical (unpaired) electrons. The van der Waals surface area contributed by atoms with Gasteiger partial charge in [0.25, 0.3) is 6.43 Å². The van der Waals surface area contributed by atoms with Gasteiger partial charge in [-0.1, -0.05) is 15.9 Å². The standard InChI is InChI=1S/C18H15BrF2N6/c19-10-5-6-12-11(9-10)16(27-18(25-12)15(20)21)22-8-2-4-14-24-13-3-1-7-23-17(13)26-14/h1,3,5-7,9,15H,2,4,8H2,(H,22,25,27)(H,23,24,26). The van der Waals surface area contributed by atoms with Crippen LogP contribution in [-0.2, 0) is 6.42 Å². The SMILES string of the molecule is FC(F)c1nc(NCCCc2nc3ncccc3[nH]2)c2cc(Br)ccc2n1. The van der Waals surface area contributed by atoms with Gasteiger partial charge in [-0.25, -0.2) is 28.7 Å². The van der Waals surface area contributed by atoms with Gasteiger partial charge in [0.05, 0.1) is 11.0 Å². The predicted octanol–water partition coefficient (Wildman–Crippen LogP) is 4.65. The molecule has 0 spiro atoms. The van der Waals surface area contributed by atoms with Gasteiger partial charge in [-0.2, -0.15) is 0 Å². The van der Waals surface area contributed by atoms with Crippen molar-refractivity contribution in [2.45, 2.75) is 19.3 Å². The van der Waals surface area contributed by atoms with Gasteiger partial charge in [-0.3, -0.25) is 0 Å². The first-order chi connectivity index (χ1) is 13.1. The number of benzene rings is 1. The highest BCUT2D eigenvalue weighted by atomic mass is 79.9. The minimum Gasteiger partial charge on any atom is -0.369 e. The zero-order chi connectivity index (χ0) is 18.8. The summed E-state index contributed by atoms with van der Waals surface area (Å²) in [5, 5.41) is 3.85. The number of aryl methyl sites for hydroxylation is 1. The first-order valence-electron chi connectivity index (χ1n) is 8.39. The highest BCUT2D eigenvalue weighted by molar-refractivity contribution is 9.10. The Morgan fingerprint density at radius 3 is 2.85 bits per heavy atom. The molecule has 9 heteroatoms. The van der Waals surface area contributed by atoms with Crippen LogP contribution in [0.2, 0.25) is 0 Å². The largest absolute Gasteiger partial charge is 0.369 e. The molecule has 3 aromatic heterocycles. The van der Waals surface area contributed by atoms with E-state index < -0.39 is 12.2 Å². The fraction of sp³-hybridized carbons (Fsp3) is 0.222. The quantitative estimate of drug-likeness (QED) is 0.433. The van der Waals surface area contributed by atoms with Crippen LogP contribution in [-0.4, -0.2) is 31.5 Å². The van der Waals surface area contributed by atoms with Crippen LogP contribution in [0.25, 0.3) is 22.1 Å². The third kappa shape index (κ3) is 3.87. The highest BCUT2D eigenvalue weighted by Gasteiger charge is 2.15. The Kier molecular flexibility index (Phi) is 4.93. The Morgan fingerprint density at radius 1 is 1.15 bits per heavy atom. The number of hydrogen-bond acceptors (Lipinski definition) is 5. The van der Waals surface area contributed by atoms with Crippen LogP contribution in [0.1, 0.15) is 24.5 Å². The summed E-state index contributed by atoms with van der Waals surface area (Å²) in [4.78, 5) is 19.8. The zero-order valence-electron chi connectivity index (χ0n) is 14.1. The van der Waals surface area contributed by atoms with E-state index in [1.807, 2.05) is 18.2 Å². The molecule has 2 N–H and O–H groups in total. The second kappa shape index (κ2) is 7.51. The van der Waals surface area contributed by atoms with Crippen molar-refractivity contribution >= 4 is 43.8 Å². The van der Waals surface area contributed by atoms with Crippen LogP contribution in [0, 0.1) is 0 Å². The molecule has 1 aromatic carbocycles. The molecule has 0 aliphatic rings. The maximum absolute atomic E-state index is 13.1. The Bertz CT molecular complexity index is 1060. The van der Waals surface area contributed by atoms with E-state index in [1.165, 1.54) is 0 Å². The number of imidazole rings is 1. The molecule has 3 heterocycles. The van der Waals surface area contributed by atoms with Gasteiger partial charge >= 0.3 is 0 Å². The van der Waals surface area contributed by atoms with Crippen LogP contribution in [0.3, 0.4) is 0 Å². The van der Waals surface area contributed by atoms with Gasteiger partial charge in [0.2, 0.25) is 0 Å². The third-order valence-corrected chi connectivity index (χ3v) is 4.55. The number of nitrogens with zero attached hydrogens (tertiary/aromatic N) is 4. The minimum atomic E-state index is -2.72. The van der Waals surface area contributed by atoms with E-state index in [9.17, 15) is 8.78 Å². The van der Waals surface area contributed by atoms with E-state index in [0.29, 0.717) is 35.3 Å². The molecular weight excluding hydrogens is 418 g/mol. The number of pyridine rings is 1. The van der Waals surface area contributed by atoms with Crippen molar-refractivity contribution in [1.82, 2.24) is 24.9 Å². The van der Waals surface area contributed by atoms with Crippen molar-refractivity contribution in [3.63, 3.8) is 0 Å². The van der Waals surface area contributed by atoms with Crippen LogP contribution in [0.4, 0.5) is 14.6 Å². The summed E-state index contributed by atoms with van der Waals surface area (Å²) in [6.07, 6.45) is 0.441. The maximum atomic E-state index is 13.1. The van der Waals surface area contributed by atoms with Gasteiger partial charge in [0.1, 0.15) is 11.6 Å². The summed E-state index contributed by atoms with van der Waals surface area (Å²) < 4.78 is 27.0. The average molecular weight is 433 g/mol. The number of hydrogen-bond donors (Lipinski definition) is 2. The fourth-order valence-corrected chi connectivity index (χ4v) is 3.19. The molecule has 0 aliphatic carbocycles. The molecule has 6 nitrogen and oxygen atoms in total. The number of aromatic nitrogens is 5. The number of alkyl halides is 2.